The molecule has 1 aliphatic heterocycles. The molecule has 0 aromatic heterocycles. The van der Waals surface area contributed by atoms with Crippen molar-refractivity contribution >= 4 is 22.0 Å². The minimum absolute atomic E-state index is 0.0137. The van der Waals surface area contributed by atoms with Crippen LogP contribution >= 0.6 is 0 Å². The van der Waals surface area contributed by atoms with Crippen LogP contribution < -0.4 is 4.72 Å². The van der Waals surface area contributed by atoms with Crippen LogP contribution in [0.25, 0.3) is 6.08 Å². The number of hydrogen-bond acceptors (Lipinski definition) is 4. The summed E-state index contributed by atoms with van der Waals surface area (Å²) in [5, 5.41) is 0. The van der Waals surface area contributed by atoms with Gasteiger partial charge in [0.2, 0.25) is 15.9 Å². The topological polar surface area (TPSA) is 69.7 Å². The number of sulfonamides is 1. The van der Waals surface area contributed by atoms with E-state index in [0.29, 0.717) is 13.1 Å². The average molecular weight is 414 g/mol. The summed E-state index contributed by atoms with van der Waals surface area (Å²) in [5.41, 5.74) is 1.18. The molecular formula is C22H27N3O3S. The van der Waals surface area contributed by atoms with Crippen molar-refractivity contribution in [2.45, 2.75) is 11.3 Å². The highest BCUT2D eigenvalue weighted by atomic mass is 32.2. The first kappa shape index (κ1) is 21.2. The number of nitrogens with one attached hydrogen (secondary N) is 1. The first-order valence-corrected chi connectivity index (χ1v) is 11.3. The van der Waals surface area contributed by atoms with E-state index < -0.39 is 10.0 Å². The third-order valence-corrected chi connectivity index (χ3v) is 6.36. The number of benzene rings is 2. The Bertz CT molecular complexity index is 907. The van der Waals surface area contributed by atoms with Crippen LogP contribution in [-0.2, 0) is 14.8 Å². The van der Waals surface area contributed by atoms with Crippen molar-refractivity contribution in [2.75, 3.05) is 39.3 Å². The second-order valence-corrected chi connectivity index (χ2v) is 8.72. The highest BCUT2D eigenvalue weighted by molar-refractivity contribution is 7.89. The van der Waals surface area contributed by atoms with Crippen molar-refractivity contribution in [1.82, 2.24) is 14.5 Å². The second kappa shape index (κ2) is 10.3. The van der Waals surface area contributed by atoms with Crippen LogP contribution in [0.3, 0.4) is 0 Å². The van der Waals surface area contributed by atoms with Gasteiger partial charge in [0.1, 0.15) is 0 Å². The Morgan fingerprint density at radius 2 is 1.55 bits per heavy atom. The summed E-state index contributed by atoms with van der Waals surface area (Å²) < 4.78 is 26.9. The minimum Gasteiger partial charge on any atom is -0.340 e. The van der Waals surface area contributed by atoms with E-state index in [2.05, 4.69) is 33.9 Å². The van der Waals surface area contributed by atoms with Crippen molar-refractivity contribution in [3.63, 3.8) is 0 Å². The minimum atomic E-state index is -3.57. The summed E-state index contributed by atoms with van der Waals surface area (Å²) in [6.07, 6.45) is 4.42. The summed E-state index contributed by atoms with van der Waals surface area (Å²) in [4.78, 5) is 16.7. The molecule has 0 saturated carbocycles. The highest BCUT2D eigenvalue weighted by Crippen LogP contribution is 2.08. The molecule has 0 spiro atoms. The number of rotatable bonds is 8. The van der Waals surface area contributed by atoms with Gasteiger partial charge in [-0.1, -0.05) is 60.7 Å². The molecule has 0 unspecified atom stereocenters. The van der Waals surface area contributed by atoms with E-state index in [9.17, 15) is 13.2 Å². The van der Waals surface area contributed by atoms with Gasteiger partial charge in [-0.3, -0.25) is 9.69 Å². The van der Waals surface area contributed by atoms with Gasteiger partial charge in [0.15, 0.2) is 0 Å². The van der Waals surface area contributed by atoms with Crippen LogP contribution in [0.5, 0.6) is 0 Å². The molecule has 29 heavy (non-hydrogen) atoms. The molecule has 6 nitrogen and oxygen atoms in total. The number of amides is 1. The second-order valence-electron chi connectivity index (χ2n) is 6.96. The maximum absolute atomic E-state index is 12.4. The predicted octanol–water partition coefficient (Wildman–Crippen LogP) is 2.21. The summed E-state index contributed by atoms with van der Waals surface area (Å²) in [7, 11) is -3.57. The fourth-order valence-corrected chi connectivity index (χ4v) is 4.27. The van der Waals surface area contributed by atoms with Crippen molar-refractivity contribution in [3.05, 3.63) is 72.3 Å². The molecule has 1 saturated heterocycles. The van der Waals surface area contributed by atoms with Crippen molar-refractivity contribution in [1.29, 1.82) is 0 Å². The molecule has 1 heterocycles. The first-order valence-electron chi connectivity index (χ1n) is 9.81. The summed E-state index contributed by atoms with van der Waals surface area (Å²) in [6.45, 7) is 3.94. The van der Waals surface area contributed by atoms with Gasteiger partial charge in [0.05, 0.1) is 4.90 Å². The maximum Gasteiger partial charge on any atom is 0.240 e. The Hall–Kier alpha value is -2.48. The van der Waals surface area contributed by atoms with E-state index >= 15 is 0 Å². The molecule has 0 bridgehead atoms. The van der Waals surface area contributed by atoms with Crippen LogP contribution in [-0.4, -0.2) is 63.4 Å². The average Bonchev–Trinajstić information content (AvgIpc) is 2.75. The standard InChI is InChI=1S/C22H27N3O3S/c26-22(13-14-23-29(27,28)21-11-5-2-6-12-21)25-18-16-24(17-19-25)15-7-10-20-8-3-1-4-9-20/h1-12,23H,13-19H2. The van der Waals surface area contributed by atoms with Crippen molar-refractivity contribution < 1.29 is 13.2 Å². The lowest BCUT2D eigenvalue weighted by atomic mass is 10.2. The number of hydrogen-bond donors (Lipinski definition) is 1. The third kappa shape index (κ3) is 6.52. The molecule has 154 valence electrons. The number of carbonyl (C=O) groups excluding carboxylic acids is 1. The fraction of sp³-hybridized carbons (Fsp3) is 0.318. The molecule has 3 rings (SSSR count). The Morgan fingerprint density at radius 3 is 2.21 bits per heavy atom. The molecular weight excluding hydrogens is 386 g/mol. The Morgan fingerprint density at radius 1 is 0.931 bits per heavy atom. The van der Waals surface area contributed by atoms with Gasteiger partial charge in [-0.05, 0) is 17.7 Å². The smallest absolute Gasteiger partial charge is 0.240 e. The number of carbonyl (C=O) groups is 1. The lowest BCUT2D eigenvalue weighted by Crippen LogP contribution is -2.49. The largest absolute Gasteiger partial charge is 0.340 e. The maximum atomic E-state index is 12.4. The zero-order chi connectivity index (χ0) is 20.5. The highest BCUT2D eigenvalue weighted by Gasteiger charge is 2.21. The van der Waals surface area contributed by atoms with Crippen molar-refractivity contribution in [3.8, 4) is 0 Å². The number of piperazine rings is 1. The van der Waals surface area contributed by atoms with E-state index in [4.69, 9.17) is 0 Å². The van der Waals surface area contributed by atoms with Gasteiger partial charge in [-0.25, -0.2) is 13.1 Å². The quantitative estimate of drug-likeness (QED) is 0.720. The predicted molar refractivity (Wildman–Crippen MR) is 115 cm³/mol. The van der Waals surface area contributed by atoms with E-state index in [1.165, 1.54) is 17.7 Å². The summed E-state index contributed by atoms with van der Waals surface area (Å²) in [5.74, 6) is -0.0137. The van der Waals surface area contributed by atoms with Crippen LogP contribution in [0.4, 0.5) is 0 Å². The number of nitrogens with zero attached hydrogens (tertiary/aromatic N) is 2. The Labute approximate surface area is 172 Å². The van der Waals surface area contributed by atoms with Gasteiger partial charge < -0.3 is 4.90 Å². The summed E-state index contributed by atoms with van der Waals surface area (Å²) in [6, 6.07) is 18.4. The van der Waals surface area contributed by atoms with Crippen LogP contribution in [0.15, 0.2) is 71.6 Å². The van der Waals surface area contributed by atoms with E-state index in [1.54, 1.807) is 18.2 Å². The zero-order valence-electron chi connectivity index (χ0n) is 16.4. The van der Waals surface area contributed by atoms with Gasteiger partial charge >= 0.3 is 0 Å². The van der Waals surface area contributed by atoms with E-state index in [-0.39, 0.29) is 23.8 Å². The van der Waals surface area contributed by atoms with E-state index in [1.807, 2.05) is 23.1 Å². The van der Waals surface area contributed by atoms with Gasteiger partial charge in [-0.15, -0.1) is 0 Å². The van der Waals surface area contributed by atoms with Gasteiger partial charge in [0, 0.05) is 45.7 Å². The monoisotopic (exact) mass is 413 g/mol. The fourth-order valence-electron chi connectivity index (χ4n) is 3.22. The molecule has 0 aliphatic carbocycles. The molecule has 1 N–H and O–H groups in total. The molecule has 0 atom stereocenters. The molecule has 0 radical (unpaired) electrons. The van der Waals surface area contributed by atoms with Gasteiger partial charge in [0.25, 0.3) is 0 Å². The van der Waals surface area contributed by atoms with E-state index in [0.717, 1.165) is 19.6 Å². The lowest BCUT2D eigenvalue weighted by Gasteiger charge is -2.34. The molecule has 1 amide bonds. The van der Waals surface area contributed by atoms with Crippen LogP contribution in [0.1, 0.15) is 12.0 Å². The Kier molecular flexibility index (Phi) is 7.57. The Balaban J connectivity index is 1.37. The summed E-state index contributed by atoms with van der Waals surface area (Å²) >= 11 is 0. The molecule has 2 aromatic carbocycles. The SMILES string of the molecule is O=C(CCNS(=O)(=O)c1ccccc1)N1CCN(CC=Cc2ccccc2)CC1. The molecule has 2 aromatic rings. The van der Waals surface area contributed by atoms with Gasteiger partial charge in [-0.2, -0.15) is 0 Å². The first-order chi connectivity index (χ1) is 14.0. The van der Waals surface area contributed by atoms with Crippen LogP contribution in [0.2, 0.25) is 0 Å². The normalized spacial score (nSPS) is 15.7. The molecule has 1 aliphatic rings. The lowest BCUT2D eigenvalue weighted by molar-refractivity contribution is -0.132. The molecule has 7 heteroatoms. The molecule has 1 fully saturated rings. The zero-order valence-corrected chi connectivity index (χ0v) is 17.2. The third-order valence-electron chi connectivity index (χ3n) is 4.88. The van der Waals surface area contributed by atoms with Crippen LogP contribution in [0, 0.1) is 0 Å². The van der Waals surface area contributed by atoms with Crippen molar-refractivity contribution in [2.24, 2.45) is 0 Å².